The van der Waals surface area contributed by atoms with E-state index in [2.05, 4.69) is 6.07 Å². The highest BCUT2D eigenvalue weighted by Gasteiger charge is 2.30. The highest BCUT2D eigenvalue weighted by Crippen LogP contribution is 2.18. The van der Waals surface area contributed by atoms with E-state index in [0.717, 1.165) is 0 Å². The van der Waals surface area contributed by atoms with Gasteiger partial charge < -0.3 is 14.9 Å². The molecule has 1 saturated heterocycles. The Balaban J connectivity index is 2.64. The fourth-order valence-electron chi connectivity index (χ4n) is 2.27. The Bertz CT molecular complexity index is 378. The molecule has 1 aliphatic heterocycles. The highest BCUT2D eigenvalue weighted by atomic mass is 16.4. The predicted molar refractivity (Wildman–Crippen MR) is 69.4 cm³/mol. The first-order chi connectivity index (χ1) is 8.99. The van der Waals surface area contributed by atoms with Crippen LogP contribution in [0.3, 0.4) is 0 Å². The number of carbonyl (C=O) groups is 2. The van der Waals surface area contributed by atoms with Gasteiger partial charge in [0.25, 0.3) is 0 Å². The van der Waals surface area contributed by atoms with E-state index in [9.17, 15) is 9.59 Å². The van der Waals surface area contributed by atoms with E-state index in [-0.39, 0.29) is 18.5 Å². The average molecular weight is 267 g/mol. The van der Waals surface area contributed by atoms with Crippen molar-refractivity contribution in [1.82, 2.24) is 9.80 Å². The second-order valence-corrected chi connectivity index (χ2v) is 4.97. The zero-order valence-corrected chi connectivity index (χ0v) is 11.5. The minimum absolute atomic E-state index is 0.157. The number of carboxylic acids is 1. The van der Waals surface area contributed by atoms with Gasteiger partial charge in [-0.1, -0.05) is 0 Å². The number of carbonyl (C=O) groups excluding carboxylic acids is 1. The molecule has 1 heterocycles. The van der Waals surface area contributed by atoms with Crippen LogP contribution in [0, 0.1) is 23.2 Å². The summed E-state index contributed by atoms with van der Waals surface area (Å²) >= 11 is 0. The molecule has 106 valence electrons. The Hall–Kier alpha value is -1.77. The minimum Gasteiger partial charge on any atom is -0.481 e. The molecule has 0 aromatic rings. The van der Waals surface area contributed by atoms with Gasteiger partial charge in [-0.25, -0.2) is 4.79 Å². The van der Waals surface area contributed by atoms with E-state index < -0.39 is 11.9 Å². The van der Waals surface area contributed by atoms with Crippen molar-refractivity contribution in [3.63, 3.8) is 0 Å². The van der Waals surface area contributed by atoms with Gasteiger partial charge in [-0.3, -0.25) is 4.79 Å². The van der Waals surface area contributed by atoms with Crippen LogP contribution in [-0.2, 0) is 4.79 Å². The van der Waals surface area contributed by atoms with Crippen LogP contribution in [0.5, 0.6) is 0 Å². The van der Waals surface area contributed by atoms with Crippen molar-refractivity contribution < 1.29 is 14.7 Å². The SMILES string of the molecule is CCN(CC(C)C#N)C(=O)N1CCC[C@@H](C(=O)O)C1. The molecule has 0 aliphatic carbocycles. The normalized spacial score (nSPS) is 20.5. The zero-order chi connectivity index (χ0) is 14.4. The molecule has 1 unspecified atom stereocenters. The molecule has 0 aromatic carbocycles. The lowest BCUT2D eigenvalue weighted by Crippen LogP contribution is -2.49. The third kappa shape index (κ3) is 4.12. The third-order valence-corrected chi connectivity index (χ3v) is 3.41. The summed E-state index contributed by atoms with van der Waals surface area (Å²) in [6, 6.07) is 1.95. The van der Waals surface area contributed by atoms with E-state index >= 15 is 0 Å². The van der Waals surface area contributed by atoms with Crippen LogP contribution in [0.25, 0.3) is 0 Å². The highest BCUT2D eigenvalue weighted by molar-refractivity contribution is 5.76. The lowest BCUT2D eigenvalue weighted by molar-refractivity contribution is -0.143. The monoisotopic (exact) mass is 267 g/mol. The van der Waals surface area contributed by atoms with Crippen molar-refractivity contribution in [2.45, 2.75) is 26.7 Å². The van der Waals surface area contributed by atoms with Crippen LogP contribution in [-0.4, -0.2) is 53.1 Å². The van der Waals surface area contributed by atoms with Crippen LogP contribution in [0.1, 0.15) is 26.7 Å². The largest absolute Gasteiger partial charge is 0.481 e. The Morgan fingerprint density at radius 2 is 2.26 bits per heavy atom. The van der Waals surface area contributed by atoms with Gasteiger partial charge in [-0.2, -0.15) is 5.26 Å². The first-order valence-electron chi connectivity index (χ1n) is 6.65. The first-order valence-corrected chi connectivity index (χ1v) is 6.65. The fourth-order valence-corrected chi connectivity index (χ4v) is 2.27. The molecule has 19 heavy (non-hydrogen) atoms. The second kappa shape index (κ2) is 6.98. The predicted octanol–water partition coefficient (Wildman–Crippen LogP) is 1.38. The summed E-state index contributed by atoms with van der Waals surface area (Å²) < 4.78 is 0. The Morgan fingerprint density at radius 3 is 2.79 bits per heavy atom. The molecule has 1 rings (SSSR count). The van der Waals surface area contributed by atoms with Crippen LogP contribution < -0.4 is 0 Å². The van der Waals surface area contributed by atoms with Gasteiger partial charge in [0.2, 0.25) is 0 Å². The molecular weight excluding hydrogens is 246 g/mol. The molecule has 0 bridgehead atoms. The molecule has 0 saturated carbocycles. The fraction of sp³-hybridized carbons (Fsp3) is 0.769. The van der Waals surface area contributed by atoms with Crippen molar-refractivity contribution in [2.75, 3.05) is 26.2 Å². The maximum Gasteiger partial charge on any atom is 0.320 e. The number of likely N-dealkylation sites (tertiary alicyclic amines) is 1. The van der Waals surface area contributed by atoms with Gasteiger partial charge in [0.15, 0.2) is 0 Å². The van der Waals surface area contributed by atoms with Crippen LogP contribution in [0.4, 0.5) is 4.79 Å². The minimum atomic E-state index is -0.842. The number of amides is 2. The molecule has 1 N–H and O–H groups in total. The Labute approximate surface area is 113 Å². The first kappa shape index (κ1) is 15.3. The summed E-state index contributed by atoms with van der Waals surface area (Å²) in [5, 5.41) is 17.8. The maximum absolute atomic E-state index is 12.3. The molecule has 6 heteroatoms. The standard InChI is InChI=1S/C13H21N3O3/c1-3-15(8-10(2)7-14)13(19)16-6-4-5-11(9-16)12(17)18/h10-11H,3-6,8-9H2,1-2H3,(H,17,18)/t10?,11-/m1/s1. The molecule has 6 nitrogen and oxygen atoms in total. The summed E-state index contributed by atoms with van der Waals surface area (Å²) in [5.41, 5.74) is 0. The van der Waals surface area contributed by atoms with Gasteiger partial charge >= 0.3 is 12.0 Å². The Kier molecular flexibility index (Phi) is 5.61. The summed E-state index contributed by atoms with van der Waals surface area (Å²) in [7, 11) is 0. The van der Waals surface area contributed by atoms with Gasteiger partial charge in [0, 0.05) is 26.2 Å². The van der Waals surface area contributed by atoms with E-state index in [4.69, 9.17) is 10.4 Å². The number of rotatable bonds is 4. The van der Waals surface area contributed by atoms with Crippen LogP contribution in [0.2, 0.25) is 0 Å². The van der Waals surface area contributed by atoms with Gasteiger partial charge in [0.05, 0.1) is 17.9 Å². The molecule has 2 atom stereocenters. The van der Waals surface area contributed by atoms with Crippen molar-refractivity contribution in [3.8, 4) is 6.07 Å². The third-order valence-electron chi connectivity index (χ3n) is 3.41. The summed E-state index contributed by atoms with van der Waals surface area (Å²) in [6.07, 6.45) is 1.34. The number of nitrogens with zero attached hydrogens (tertiary/aromatic N) is 3. The summed E-state index contributed by atoms with van der Waals surface area (Å²) in [5.74, 6) is -1.53. The van der Waals surface area contributed by atoms with Crippen molar-refractivity contribution in [3.05, 3.63) is 0 Å². The lowest BCUT2D eigenvalue weighted by Gasteiger charge is -2.35. The van der Waals surface area contributed by atoms with E-state index in [0.29, 0.717) is 32.5 Å². The second-order valence-electron chi connectivity index (χ2n) is 4.97. The molecule has 0 spiro atoms. The molecule has 1 aliphatic rings. The van der Waals surface area contributed by atoms with Gasteiger partial charge in [-0.15, -0.1) is 0 Å². The molecule has 2 amide bonds. The van der Waals surface area contributed by atoms with Gasteiger partial charge in [-0.05, 0) is 26.7 Å². The van der Waals surface area contributed by atoms with Crippen molar-refractivity contribution in [1.29, 1.82) is 5.26 Å². The quantitative estimate of drug-likeness (QED) is 0.834. The number of piperidine rings is 1. The van der Waals surface area contributed by atoms with E-state index in [1.165, 1.54) is 0 Å². The molecule has 0 aromatic heterocycles. The topological polar surface area (TPSA) is 84.6 Å². The smallest absolute Gasteiger partial charge is 0.320 e. The summed E-state index contributed by atoms with van der Waals surface area (Å²) in [6.45, 7) is 5.41. The van der Waals surface area contributed by atoms with Crippen LogP contribution in [0.15, 0.2) is 0 Å². The number of carboxylic acid groups (broad SMARTS) is 1. The number of hydrogen-bond donors (Lipinski definition) is 1. The van der Waals surface area contributed by atoms with E-state index in [1.54, 1.807) is 16.7 Å². The van der Waals surface area contributed by atoms with E-state index in [1.807, 2.05) is 6.92 Å². The lowest BCUT2D eigenvalue weighted by atomic mass is 9.98. The zero-order valence-electron chi connectivity index (χ0n) is 11.5. The maximum atomic E-state index is 12.3. The van der Waals surface area contributed by atoms with Crippen molar-refractivity contribution in [2.24, 2.45) is 11.8 Å². The number of hydrogen-bond acceptors (Lipinski definition) is 3. The number of aliphatic carboxylic acids is 1. The molecule has 0 radical (unpaired) electrons. The Morgan fingerprint density at radius 1 is 1.58 bits per heavy atom. The summed E-state index contributed by atoms with van der Waals surface area (Å²) in [4.78, 5) is 26.5. The number of urea groups is 1. The number of nitriles is 1. The van der Waals surface area contributed by atoms with Crippen molar-refractivity contribution >= 4 is 12.0 Å². The molecule has 1 fully saturated rings. The van der Waals surface area contributed by atoms with Crippen LogP contribution >= 0.6 is 0 Å². The molecular formula is C13H21N3O3. The van der Waals surface area contributed by atoms with Gasteiger partial charge in [0.1, 0.15) is 0 Å². The average Bonchev–Trinajstić information content (AvgIpc) is 2.43.